The molecule has 2 aromatic rings. The van der Waals surface area contributed by atoms with Crippen LogP contribution in [-0.2, 0) is 4.79 Å². The number of benzene rings is 1. The molecule has 0 spiro atoms. The SMILES string of the molecule is CC(=O)Nc1cccc(Nc2nncc(NCCN(C)C)n2)c1. The van der Waals surface area contributed by atoms with Crippen molar-refractivity contribution in [3.63, 3.8) is 0 Å². The third-order valence-electron chi connectivity index (χ3n) is 2.86. The van der Waals surface area contributed by atoms with E-state index < -0.39 is 0 Å². The molecule has 0 bridgehead atoms. The topological polar surface area (TPSA) is 95.1 Å². The average Bonchev–Trinajstić information content (AvgIpc) is 2.47. The Balaban J connectivity index is 2.01. The first-order valence-electron chi connectivity index (χ1n) is 7.26. The summed E-state index contributed by atoms with van der Waals surface area (Å²) in [4.78, 5) is 17.5. The monoisotopic (exact) mass is 315 g/mol. The Morgan fingerprint density at radius 3 is 2.78 bits per heavy atom. The first kappa shape index (κ1) is 16.6. The molecule has 0 fully saturated rings. The summed E-state index contributed by atoms with van der Waals surface area (Å²) in [5.74, 6) is 0.925. The molecule has 1 amide bonds. The fourth-order valence-electron chi connectivity index (χ4n) is 1.86. The van der Waals surface area contributed by atoms with Gasteiger partial charge in [0.2, 0.25) is 11.9 Å². The highest BCUT2D eigenvalue weighted by molar-refractivity contribution is 5.89. The zero-order valence-electron chi connectivity index (χ0n) is 13.5. The van der Waals surface area contributed by atoms with Crippen molar-refractivity contribution < 1.29 is 4.79 Å². The molecule has 0 saturated carbocycles. The van der Waals surface area contributed by atoms with E-state index in [0.717, 1.165) is 18.8 Å². The van der Waals surface area contributed by atoms with Crippen molar-refractivity contribution in [3.8, 4) is 0 Å². The Labute approximate surface area is 135 Å². The molecule has 0 atom stereocenters. The van der Waals surface area contributed by atoms with Gasteiger partial charge in [-0.2, -0.15) is 10.1 Å². The zero-order chi connectivity index (χ0) is 16.7. The molecule has 8 heteroatoms. The molecule has 23 heavy (non-hydrogen) atoms. The predicted octanol–water partition coefficient (Wildman–Crippen LogP) is 1.55. The zero-order valence-corrected chi connectivity index (χ0v) is 13.5. The maximum Gasteiger partial charge on any atom is 0.249 e. The predicted molar refractivity (Wildman–Crippen MR) is 90.9 cm³/mol. The number of nitrogens with one attached hydrogen (secondary N) is 3. The average molecular weight is 315 g/mol. The normalized spacial score (nSPS) is 10.4. The Morgan fingerprint density at radius 1 is 1.26 bits per heavy atom. The van der Waals surface area contributed by atoms with Crippen molar-refractivity contribution in [2.24, 2.45) is 0 Å². The number of aromatic nitrogens is 3. The van der Waals surface area contributed by atoms with Gasteiger partial charge in [-0.05, 0) is 32.3 Å². The first-order chi connectivity index (χ1) is 11.0. The number of anilines is 4. The lowest BCUT2D eigenvalue weighted by Gasteiger charge is -2.11. The van der Waals surface area contributed by atoms with Crippen LogP contribution in [0.3, 0.4) is 0 Å². The lowest BCUT2D eigenvalue weighted by molar-refractivity contribution is -0.114. The van der Waals surface area contributed by atoms with E-state index in [1.165, 1.54) is 6.92 Å². The van der Waals surface area contributed by atoms with Gasteiger partial charge in [0.15, 0.2) is 5.82 Å². The summed E-state index contributed by atoms with van der Waals surface area (Å²) in [5, 5.41) is 16.9. The number of rotatable bonds is 7. The number of nitrogens with zero attached hydrogens (tertiary/aromatic N) is 4. The fourth-order valence-corrected chi connectivity index (χ4v) is 1.86. The van der Waals surface area contributed by atoms with Gasteiger partial charge in [0.1, 0.15) is 0 Å². The summed E-state index contributed by atoms with van der Waals surface area (Å²) in [7, 11) is 4.02. The standard InChI is InChI=1S/C15H21N7O/c1-11(23)18-12-5-4-6-13(9-12)19-15-20-14(10-17-21-15)16-7-8-22(2)3/h4-6,9-10H,7-8H2,1-3H3,(H,18,23)(H2,16,19,20,21). The third kappa shape index (κ3) is 5.87. The number of likely N-dealkylation sites (N-methyl/N-ethyl adjacent to an activating group) is 1. The summed E-state index contributed by atoms with van der Waals surface area (Å²) in [6.07, 6.45) is 1.58. The molecule has 0 aliphatic rings. The van der Waals surface area contributed by atoms with Crippen LogP contribution in [0.15, 0.2) is 30.5 Å². The molecule has 0 radical (unpaired) electrons. The van der Waals surface area contributed by atoms with Crippen molar-refractivity contribution in [1.82, 2.24) is 20.1 Å². The smallest absolute Gasteiger partial charge is 0.249 e. The molecule has 0 unspecified atom stereocenters. The lowest BCUT2D eigenvalue weighted by Crippen LogP contribution is -2.21. The molecule has 1 aromatic carbocycles. The number of carbonyl (C=O) groups excluding carboxylic acids is 1. The second-order valence-electron chi connectivity index (χ2n) is 5.28. The molecule has 8 nitrogen and oxygen atoms in total. The van der Waals surface area contributed by atoms with E-state index in [9.17, 15) is 4.79 Å². The molecule has 0 aliphatic heterocycles. The number of hydrogen-bond acceptors (Lipinski definition) is 7. The third-order valence-corrected chi connectivity index (χ3v) is 2.86. The van der Waals surface area contributed by atoms with Crippen LogP contribution < -0.4 is 16.0 Å². The van der Waals surface area contributed by atoms with Crippen molar-refractivity contribution in [3.05, 3.63) is 30.5 Å². The summed E-state index contributed by atoms with van der Waals surface area (Å²) >= 11 is 0. The minimum Gasteiger partial charge on any atom is -0.367 e. The van der Waals surface area contributed by atoms with Crippen LogP contribution in [0.2, 0.25) is 0 Å². The van der Waals surface area contributed by atoms with E-state index in [2.05, 4.69) is 36.0 Å². The minimum atomic E-state index is -0.118. The van der Waals surface area contributed by atoms with Crippen LogP contribution in [0.5, 0.6) is 0 Å². The van der Waals surface area contributed by atoms with Gasteiger partial charge in [0.25, 0.3) is 0 Å². The first-order valence-corrected chi connectivity index (χ1v) is 7.26. The maximum absolute atomic E-state index is 11.1. The Kier molecular flexibility index (Phi) is 5.81. The van der Waals surface area contributed by atoms with Gasteiger partial charge in [-0.3, -0.25) is 4.79 Å². The van der Waals surface area contributed by atoms with Crippen LogP contribution in [-0.4, -0.2) is 53.2 Å². The maximum atomic E-state index is 11.1. The van der Waals surface area contributed by atoms with Crippen LogP contribution in [0.4, 0.5) is 23.1 Å². The van der Waals surface area contributed by atoms with Crippen molar-refractivity contribution in [2.45, 2.75) is 6.92 Å². The second-order valence-corrected chi connectivity index (χ2v) is 5.28. The van der Waals surface area contributed by atoms with Gasteiger partial charge in [-0.1, -0.05) is 6.07 Å². The van der Waals surface area contributed by atoms with E-state index in [-0.39, 0.29) is 5.91 Å². The van der Waals surface area contributed by atoms with Gasteiger partial charge >= 0.3 is 0 Å². The molecule has 0 aliphatic carbocycles. The molecule has 0 saturated heterocycles. The second kappa shape index (κ2) is 8.04. The van der Waals surface area contributed by atoms with E-state index in [1.54, 1.807) is 12.3 Å². The van der Waals surface area contributed by atoms with Crippen LogP contribution >= 0.6 is 0 Å². The van der Waals surface area contributed by atoms with Crippen LogP contribution in [0.1, 0.15) is 6.92 Å². The molecular formula is C15H21N7O. The minimum absolute atomic E-state index is 0.118. The van der Waals surface area contributed by atoms with E-state index in [1.807, 2.05) is 32.3 Å². The van der Waals surface area contributed by atoms with Gasteiger partial charge in [-0.25, -0.2) is 0 Å². The van der Waals surface area contributed by atoms with Crippen molar-refractivity contribution >= 4 is 29.0 Å². The van der Waals surface area contributed by atoms with Gasteiger partial charge in [0, 0.05) is 31.4 Å². The summed E-state index contributed by atoms with van der Waals surface area (Å²) in [6, 6.07) is 7.31. The summed E-state index contributed by atoms with van der Waals surface area (Å²) in [6.45, 7) is 3.13. The molecule has 1 heterocycles. The lowest BCUT2D eigenvalue weighted by atomic mass is 10.3. The van der Waals surface area contributed by atoms with Gasteiger partial charge < -0.3 is 20.9 Å². The Hall–Kier alpha value is -2.74. The molecule has 3 N–H and O–H groups in total. The molecular weight excluding hydrogens is 294 g/mol. The summed E-state index contributed by atoms with van der Waals surface area (Å²) < 4.78 is 0. The van der Waals surface area contributed by atoms with Crippen LogP contribution in [0.25, 0.3) is 0 Å². The highest BCUT2D eigenvalue weighted by atomic mass is 16.1. The highest BCUT2D eigenvalue weighted by Gasteiger charge is 2.03. The van der Waals surface area contributed by atoms with E-state index in [4.69, 9.17) is 0 Å². The quantitative estimate of drug-likeness (QED) is 0.713. The largest absolute Gasteiger partial charge is 0.367 e. The van der Waals surface area contributed by atoms with E-state index in [0.29, 0.717) is 17.5 Å². The van der Waals surface area contributed by atoms with Gasteiger partial charge in [0.05, 0.1) is 6.20 Å². The van der Waals surface area contributed by atoms with Crippen molar-refractivity contribution in [2.75, 3.05) is 43.1 Å². The van der Waals surface area contributed by atoms with Gasteiger partial charge in [-0.15, -0.1) is 5.10 Å². The summed E-state index contributed by atoms with van der Waals surface area (Å²) in [5.41, 5.74) is 1.47. The molecule has 1 aromatic heterocycles. The molecule has 122 valence electrons. The fraction of sp³-hybridized carbons (Fsp3) is 0.333. The van der Waals surface area contributed by atoms with Crippen molar-refractivity contribution in [1.29, 1.82) is 0 Å². The van der Waals surface area contributed by atoms with Crippen LogP contribution in [0, 0.1) is 0 Å². The number of amides is 1. The number of hydrogen-bond donors (Lipinski definition) is 3. The Morgan fingerprint density at radius 2 is 2.04 bits per heavy atom. The highest BCUT2D eigenvalue weighted by Crippen LogP contribution is 2.18. The molecule has 2 rings (SSSR count). The Bertz CT molecular complexity index is 660. The van der Waals surface area contributed by atoms with E-state index >= 15 is 0 Å². The number of carbonyl (C=O) groups is 1.